The number of hydrogen-bond acceptors (Lipinski definition) is 6. The Hall–Kier alpha value is -1.74. The zero-order valence-electron chi connectivity index (χ0n) is 15.4. The Morgan fingerprint density at radius 3 is 2.85 bits per heavy atom. The summed E-state index contributed by atoms with van der Waals surface area (Å²) < 4.78 is 6.87. The average molecular weight is 394 g/mol. The lowest BCUT2D eigenvalue weighted by atomic mass is 10.0. The molecule has 0 spiro atoms. The van der Waals surface area contributed by atoms with Crippen molar-refractivity contribution in [2.75, 3.05) is 6.61 Å². The van der Waals surface area contributed by atoms with Gasteiger partial charge in [-0.2, -0.15) is 0 Å². The molecule has 0 radical (unpaired) electrons. The number of rotatable bonds is 8. The van der Waals surface area contributed by atoms with Crippen molar-refractivity contribution in [1.29, 1.82) is 0 Å². The minimum atomic E-state index is -0.849. The number of nitrogens with one attached hydrogen (secondary N) is 1. The van der Waals surface area contributed by atoms with E-state index in [0.29, 0.717) is 5.56 Å². The van der Waals surface area contributed by atoms with Crippen LogP contribution in [0.3, 0.4) is 0 Å². The summed E-state index contributed by atoms with van der Waals surface area (Å²) >= 11 is 1.48. The maximum atomic E-state index is 12.4. The Labute approximate surface area is 161 Å². The van der Waals surface area contributed by atoms with E-state index in [0.717, 1.165) is 29.7 Å². The normalized spacial score (nSPS) is 22.4. The second-order valence-electron chi connectivity index (χ2n) is 6.91. The first kappa shape index (κ1) is 20.0. The highest BCUT2D eigenvalue weighted by Crippen LogP contribution is 2.31. The molecule has 2 aromatic rings. The highest BCUT2D eigenvalue weighted by atomic mass is 32.1. The number of aromatic amines is 1. The molecule has 27 heavy (non-hydrogen) atoms. The lowest BCUT2D eigenvalue weighted by Crippen LogP contribution is -2.33. The molecule has 0 aromatic carbocycles. The monoisotopic (exact) mass is 394 g/mol. The maximum Gasteiger partial charge on any atom is 0.330 e. The molecule has 3 heterocycles. The summed E-state index contributed by atoms with van der Waals surface area (Å²) in [5, 5.41) is 21.1. The van der Waals surface area contributed by atoms with E-state index in [1.807, 2.05) is 11.4 Å². The summed E-state index contributed by atoms with van der Waals surface area (Å²) in [5.41, 5.74) is 0.527. The summed E-state index contributed by atoms with van der Waals surface area (Å²) in [7, 11) is 0. The smallest absolute Gasteiger partial charge is 0.330 e. The minimum absolute atomic E-state index is 0.185. The zero-order chi connectivity index (χ0) is 19.4. The molecule has 0 bridgehead atoms. The van der Waals surface area contributed by atoms with Gasteiger partial charge in [-0.15, -0.1) is 11.3 Å². The van der Waals surface area contributed by atoms with Gasteiger partial charge in [0.1, 0.15) is 12.3 Å². The van der Waals surface area contributed by atoms with Crippen LogP contribution >= 0.6 is 11.3 Å². The van der Waals surface area contributed by atoms with Crippen molar-refractivity contribution in [3.05, 3.63) is 44.0 Å². The van der Waals surface area contributed by atoms with Crippen LogP contribution in [0.15, 0.2) is 27.2 Å². The second-order valence-corrected chi connectivity index (χ2v) is 7.83. The molecule has 3 atom stereocenters. The molecular weight excluding hydrogens is 368 g/mol. The van der Waals surface area contributed by atoms with Crippen LogP contribution in [0.5, 0.6) is 0 Å². The summed E-state index contributed by atoms with van der Waals surface area (Å²) in [6, 6.07) is 2.03. The summed E-state index contributed by atoms with van der Waals surface area (Å²) in [6.45, 7) is 1.84. The van der Waals surface area contributed by atoms with Crippen LogP contribution < -0.4 is 11.2 Å². The molecule has 0 aliphatic carbocycles. The number of H-pyrrole nitrogens is 1. The molecule has 7 nitrogen and oxygen atoms in total. The van der Waals surface area contributed by atoms with Gasteiger partial charge in [0.25, 0.3) is 5.56 Å². The number of aliphatic hydroxyl groups excluding tert-OH is 2. The van der Waals surface area contributed by atoms with E-state index in [-0.39, 0.29) is 13.0 Å². The molecule has 0 amide bonds. The largest absolute Gasteiger partial charge is 0.394 e. The number of aromatic nitrogens is 2. The van der Waals surface area contributed by atoms with Gasteiger partial charge in [0.05, 0.1) is 18.3 Å². The number of ether oxygens (including phenoxy) is 1. The highest BCUT2D eigenvalue weighted by molar-refractivity contribution is 7.13. The van der Waals surface area contributed by atoms with Crippen molar-refractivity contribution in [3.8, 4) is 10.4 Å². The molecule has 8 heteroatoms. The minimum Gasteiger partial charge on any atom is -0.394 e. The molecule has 1 aliphatic heterocycles. The van der Waals surface area contributed by atoms with Gasteiger partial charge in [-0.05, 0) is 29.9 Å². The predicted octanol–water partition coefficient (Wildman–Crippen LogP) is 2.03. The quantitative estimate of drug-likeness (QED) is 0.594. The fourth-order valence-electron chi connectivity index (χ4n) is 3.42. The SMILES string of the molecule is CCCCCCc1ccsc1-c1cn([C@@H]2C[C@H](O)[C@@H](CO)O2)c(=O)[nH]c1=O. The van der Waals surface area contributed by atoms with Crippen LogP contribution in [0.1, 0.15) is 50.8 Å². The molecule has 2 aromatic heterocycles. The first-order chi connectivity index (χ1) is 13.0. The van der Waals surface area contributed by atoms with Gasteiger partial charge in [0, 0.05) is 17.5 Å². The Morgan fingerprint density at radius 1 is 1.33 bits per heavy atom. The Morgan fingerprint density at radius 2 is 2.15 bits per heavy atom. The molecule has 3 rings (SSSR count). The Bertz CT molecular complexity index is 871. The number of unbranched alkanes of at least 4 members (excludes halogenated alkanes) is 3. The predicted molar refractivity (Wildman–Crippen MR) is 104 cm³/mol. The molecule has 1 fully saturated rings. The third-order valence-corrected chi connectivity index (χ3v) is 5.94. The van der Waals surface area contributed by atoms with Gasteiger partial charge < -0.3 is 14.9 Å². The molecule has 0 saturated carbocycles. The van der Waals surface area contributed by atoms with Crippen LogP contribution in [0, 0.1) is 0 Å². The standard InChI is InChI=1S/C19H26N2O5S/c1-2-3-4-5-6-12-7-8-27-17(12)13-10-21(19(25)20-18(13)24)16-9-14(23)15(11-22)26-16/h7-8,10,14-16,22-23H,2-6,9,11H2,1H3,(H,20,24,25)/t14-,15+,16-/m0/s1. The number of thiophene rings is 1. The van der Waals surface area contributed by atoms with Crippen LogP contribution in [0.2, 0.25) is 0 Å². The van der Waals surface area contributed by atoms with Gasteiger partial charge in [-0.25, -0.2) is 4.79 Å². The summed E-state index contributed by atoms with van der Waals surface area (Å²) in [4.78, 5) is 27.9. The van der Waals surface area contributed by atoms with Crippen molar-refractivity contribution in [3.63, 3.8) is 0 Å². The van der Waals surface area contributed by atoms with Gasteiger partial charge in [0.2, 0.25) is 0 Å². The summed E-state index contributed by atoms with van der Waals surface area (Å²) in [5.74, 6) is 0. The van der Waals surface area contributed by atoms with Crippen molar-refractivity contribution in [2.24, 2.45) is 0 Å². The fourth-order valence-corrected chi connectivity index (χ4v) is 4.38. The zero-order valence-corrected chi connectivity index (χ0v) is 16.2. The van der Waals surface area contributed by atoms with Gasteiger partial charge in [-0.1, -0.05) is 26.2 Å². The lowest BCUT2D eigenvalue weighted by Gasteiger charge is -2.15. The van der Waals surface area contributed by atoms with E-state index >= 15 is 0 Å². The van der Waals surface area contributed by atoms with Gasteiger partial charge >= 0.3 is 5.69 Å². The Balaban J connectivity index is 1.89. The van der Waals surface area contributed by atoms with Crippen LogP contribution in [-0.4, -0.2) is 38.6 Å². The van der Waals surface area contributed by atoms with E-state index in [2.05, 4.69) is 11.9 Å². The van der Waals surface area contributed by atoms with E-state index < -0.39 is 29.7 Å². The third-order valence-electron chi connectivity index (χ3n) is 4.95. The Kier molecular flexibility index (Phi) is 6.64. The van der Waals surface area contributed by atoms with Gasteiger partial charge in [0.15, 0.2) is 0 Å². The number of aryl methyl sites for hydroxylation is 1. The van der Waals surface area contributed by atoms with E-state index in [1.165, 1.54) is 34.9 Å². The third kappa shape index (κ3) is 4.40. The first-order valence-electron chi connectivity index (χ1n) is 9.41. The molecule has 1 saturated heterocycles. The number of nitrogens with zero attached hydrogens (tertiary/aromatic N) is 1. The molecule has 0 unspecified atom stereocenters. The van der Waals surface area contributed by atoms with E-state index in [4.69, 9.17) is 4.74 Å². The van der Waals surface area contributed by atoms with Crippen molar-refractivity contribution in [1.82, 2.24) is 9.55 Å². The van der Waals surface area contributed by atoms with Crippen molar-refractivity contribution in [2.45, 2.75) is 63.9 Å². The van der Waals surface area contributed by atoms with E-state index in [1.54, 1.807) is 0 Å². The summed E-state index contributed by atoms with van der Waals surface area (Å²) in [6.07, 6.45) is 4.87. The van der Waals surface area contributed by atoms with Crippen LogP contribution in [0.4, 0.5) is 0 Å². The van der Waals surface area contributed by atoms with Crippen LogP contribution in [0.25, 0.3) is 10.4 Å². The van der Waals surface area contributed by atoms with Gasteiger partial charge in [-0.3, -0.25) is 14.3 Å². The molecule has 3 N–H and O–H groups in total. The highest BCUT2D eigenvalue weighted by Gasteiger charge is 2.35. The maximum absolute atomic E-state index is 12.4. The topological polar surface area (TPSA) is 105 Å². The average Bonchev–Trinajstić information content (AvgIpc) is 3.25. The van der Waals surface area contributed by atoms with Crippen molar-refractivity contribution < 1.29 is 14.9 Å². The van der Waals surface area contributed by atoms with Crippen LogP contribution in [-0.2, 0) is 11.2 Å². The number of aliphatic hydroxyl groups is 2. The lowest BCUT2D eigenvalue weighted by molar-refractivity contribution is -0.0458. The van der Waals surface area contributed by atoms with E-state index in [9.17, 15) is 19.8 Å². The molecular formula is C19H26N2O5S. The number of hydrogen-bond donors (Lipinski definition) is 3. The van der Waals surface area contributed by atoms with Crippen molar-refractivity contribution >= 4 is 11.3 Å². The molecule has 1 aliphatic rings. The second kappa shape index (κ2) is 8.97. The fraction of sp³-hybridized carbons (Fsp3) is 0.579. The molecule has 148 valence electrons. The first-order valence-corrected chi connectivity index (χ1v) is 10.3.